The predicted molar refractivity (Wildman–Crippen MR) is 134 cm³/mol. The fourth-order valence-electron chi connectivity index (χ4n) is 3.98. The van der Waals surface area contributed by atoms with E-state index in [4.69, 9.17) is 9.72 Å². The number of hydrogen-bond donors (Lipinski definition) is 2. The highest BCUT2D eigenvalue weighted by Gasteiger charge is 2.18. The maximum atomic E-state index is 13.0. The molecule has 0 fully saturated rings. The van der Waals surface area contributed by atoms with E-state index >= 15 is 0 Å². The van der Waals surface area contributed by atoms with Gasteiger partial charge in [-0.15, -0.1) is 17.9 Å². The van der Waals surface area contributed by atoms with Gasteiger partial charge in [-0.1, -0.05) is 54.6 Å². The number of aliphatic hydroxyl groups excluding tert-OH is 1. The van der Waals surface area contributed by atoms with Crippen LogP contribution in [0, 0.1) is 0 Å². The monoisotopic (exact) mass is 461 g/mol. The van der Waals surface area contributed by atoms with Gasteiger partial charge in [0.05, 0.1) is 25.1 Å². The van der Waals surface area contributed by atoms with Gasteiger partial charge in [0.15, 0.2) is 0 Å². The van der Waals surface area contributed by atoms with Crippen molar-refractivity contribution in [2.45, 2.75) is 19.1 Å². The average molecular weight is 462 g/mol. The molecule has 170 valence electrons. The predicted octanol–water partition coefficient (Wildman–Crippen LogP) is 4.25. The first kappa shape index (κ1) is 22.9. The third kappa shape index (κ3) is 5.39. The van der Waals surface area contributed by atoms with Crippen molar-refractivity contribution in [2.24, 2.45) is 0 Å². The van der Waals surface area contributed by atoms with E-state index in [-0.39, 0.29) is 5.56 Å². The second kappa shape index (κ2) is 10.6. The van der Waals surface area contributed by atoms with E-state index in [9.17, 15) is 9.90 Å². The molecule has 2 aromatic heterocycles. The van der Waals surface area contributed by atoms with Gasteiger partial charge in [-0.05, 0) is 18.1 Å². The molecule has 4 rings (SSSR count). The minimum absolute atomic E-state index is 0.180. The van der Waals surface area contributed by atoms with Crippen molar-refractivity contribution in [2.75, 3.05) is 20.2 Å². The lowest BCUT2D eigenvalue weighted by Gasteiger charge is -2.23. The second-order valence-corrected chi connectivity index (χ2v) is 8.73. The molecule has 0 spiro atoms. The van der Waals surface area contributed by atoms with Crippen LogP contribution >= 0.6 is 11.3 Å². The van der Waals surface area contributed by atoms with E-state index in [2.05, 4.69) is 11.6 Å². The lowest BCUT2D eigenvalue weighted by atomic mass is 10.1. The molecular formula is C26H27N3O3S. The number of fused-ring (bicyclic) bond motifs is 1. The molecule has 0 aliphatic carbocycles. The molecule has 4 aromatic rings. The number of aromatic nitrogens is 2. The molecule has 6 nitrogen and oxygen atoms in total. The van der Waals surface area contributed by atoms with Gasteiger partial charge in [-0.25, -0.2) is 4.98 Å². The van der Waals surface area contributed by atoms with Crippen LogP contribution in [0.25, 0.3) is 21.3 Å². The van der Waals surface area contributed by atoms with Crippen molar-refractivity contribution >= 4 is 21.6 Å². The maximum Gasteiger partial charge on any atom is 0.260 e. The number of methoxy groups -OCH3 is 1. The van der Waals surface area contributed by atoms with Crippen molar-refractivity contribution in [1.82, 2.24) is 14.9 Å². The van der Waals surface area contributed by atoms with Crippen molar-refractivity contribution in [3.8, 4) is 16.9 Å². The highest BCUT2D eigenvalue weighted by Crippen LogP contribution is 2.36. The number of H-pyrrole nitrogens is 1. The Morgan fingerprint density at radius 3 is 2.70 bits per heavy atom. The van der Waals surface area contributed by atoms with Gasteiger partial charge in [-0.3, -0.25) is 9.69 Å². The van der Waals surface area contributed by atoms with Gasteiger partial charge in [0, 0.05) is 29.6 Å². The number of para-hydroxylation sites is 1. The number of aromatic amines is 1. The van der Waals surface area contributed by atoms with Crippen molar-refractivity contribution in [3.63, 3.8) is 0 Å². The topological polar surface area (TPSA) is 78.5 Å². The summed E-state index contributed by atoms with van der Waals surface area (Å²) in [5.74, 6) is 1.28. The maximum absolute atomic E-state index is 13.0. The first-order valence-corrected chi connectivity index (χ1v) is 11.7. The molecule has 2 heterocycles. The van der Waals surface area contributed by atoms with Crippen molar-refractivity contribution in [3.05, 3.63) is 94.4 Å². The highest BCUT2D eigenvalue weighted by molar-refractivity contribution is 7.17. The summed E-state index contributed by atoms with van der Waals surface area (Å²) in [5.41, 5.74) is 2.58. The van der Waals surface area contributed by atoms with Gasteiger partial charge < -0.3 is 14.8 Å². The molecule has 0 amide bonds. The zero-order valence-corrected chi connectivity index (χ0v) is 19.3. The van der Waals surface area contributed by atoms with E-state index in [0.29, 0.717) is 47.8 Å². The lowest BCUT2D eigenvalue weighted by Crippen LogP contribution is -2.34. The minimum Gasteiger partial charge on any atom is -0.496 e. The summed E-state index contributed by atoms with van der Waals surface area (Å²) >= 11 is 1.44. The molecule has 0 saturated carbocycles. The number of aliphatic hydroxyl groups is 1. The lowest BCUT2D eigenvalue weighted by molar-refractivity contribution is 0.114. The molecule has 0 radical (unpaired) electrons. The van der Waals surface area contributed by atoms with Gasteiger partial charge in [0.25, 0.3) is 5.56 Å². The third-order valence-corrected chi connectivity index (χ3v) is 6.31. The fourth-order valence-corrected chi connectivity index (χ4v) is 4.94. The molecule has 0 bridgehead atoms. The molecule has 2 aromatic carbocycles. The third-order valence-electron chi connectivity index (χ3n) is 5.43. The summed E-state index contributed by atoms with van der Waals surface area (Å²) in [6.45, 7) is 5.25. The van der Waals surface area contributed by atoms with Gasteiger partial charge in [0.2, 0.25) is 0 Å². The molecule has 0 saturated heterocycles. The number of benzene rings is 2. The van der Waals surface area contributed by atoms with Crippen LogP contribution < -0.4 is 10.3 Å². The number of thiophene rings is 1. The SMILES string of the molecule is C=CCN(Cc1nc2scc(-c3ccccc3OC)c2c(=O)[nH]1)CC(O)Cc1ccccc1. The van der Waals surface area contributed by atoms with E-state index in [1.54, 1.807) is 13.2 Å². The Hall–Kier alpha value is -3.26. The highest BCUT2D eigenvalue weighted by atomic mass is 32.1. The van der Waals surface area contributed by atoms with Crippen LogP contribution in [-0.2, 0) is 13.0 Å². The van der Waals surface area contributed by atoms with Crippen LogP contribution in [0.15, 0.2) is 77.4 Å². The number of nitrogens with zero attached hydrogens (tertiary/aromatic N) is 2. The summed E-state index contributed by atoms with van der Waals surface area (Å²) < 4.78 is 5.47. The zero-order chi connectivity index (χ0) is 23.2. The van der Waals surface area contributed by atoms with Crippen LogP contribution in [0.2, 0.25) is 0 Å². The Morgan fingerprint density at radius 1 is 1.18 bits per heavy atom. The first-order valence-electron chi connectivity index (χ1n) is 10.8. The quantitative estimate of drug-likeness (QED) is 0.345. The summed E-state index contributed by atoms with van der Waals surface area (Å²) in [4.78, 5) is 23.4. The van der Waals surface area contributed by atoms with Gasteiger partial charge in [-0.2, -0.15) is 0 Å². The molecule has 33 heavy (non-hydrogen) atoms. The Balaban J connectivity index is 1.56. The Labute approximate surface area is 196 Å². The summed E-state index contributed by atoms with van der Waals surface area (Å²) in [6.07, 6.45) is 1.81. The van der Waals surface area contributed by atoms with E-state index in [0.717, 1.165) is 16.7 Å². The molecule has 1 unspecified atom stereocenters. The summed E-state index contributed by atoms with van der Waals surface area (Å²) in [7, 11) is 1.62. The zero-order valence-electron chi connectivity index (χ0n) is 18.5. The number of nitrogens with one attached hydrogen (secondary N) is 1. The normalized spacial score (nSPS) is 12.2. The van der Waals surface area contributed by atoms with E-state index < -0.39 is 6.10 Å². The Bertz CT molecular complexity index is 1280. The Morgan fingerprint density at radius 2 is 1.94 bits per heavy atom. The molecule has 7 heteroatoms. The summed E-state index contributed by atoms with van der Waals surface area (Å²) in [5, 5.41) is 13.1. The van der Waals surface area contributed by atoms with Crippen LogP contribution in [0.4, 0.5) is 0 Å². The Kier molecular flexibility index (Phi) is 7.34. The van der Waals surface area contributed by atoms with Crippen LogP contribution in [-0.4, -0.2) is 46.3 Å². The van der Waals surface area contributed by atoms with Crippen LogP contribution in [0.1, 0.15) is 11.4 Å². The van der Waals surface area contributed by atoms with Crippen molar-refractivity contribution in [1.29, 1.82) is 0 Å². The second-order valence-electron chi connectivity index (χ2n) is 7.87. The van der Waals surface area contributed by atoms with E-state index in [1.807, 2.05) is 64.9 Å². The van der Waals surface area contributed by atoms with Crippen molar-refractivity contribution < 1.29 is 9.84 Å². The van der Waals surface area contributed by atoms with Gasteiger partial charge >= 0.3 is 0 Å². The molecule has 0 aliphatic heterocycles. The average Bonchev–Trinajstić information content (AvgIpc) is 3.24. The van der Waals surface area contributed by atoms with Crippen LogP contribution in [0.3, 0.4) is 0 Å². The molecule has 1 atom stereocenters. The molecule has 2 N–H and O–H groups in total. The molecular weight excluding hydrogens is 434 g/mol. The minimum atomic E-state index is -0.540. The number of ether oxygens (including phenoxy) is 1. The van der Waals surface area contributed by atoms with E-state index in [1.165, 1.54) is 11.3 Å². The standard InChI is InChI=1S/C26H27N3O3S/c1-3-13-29(15-19(30)14-18-9-5-4-6-10-18)16-23-27-25(31)24-21(17-33-26(24)28-23)20-11-7-8-12-22(20)32-2/h3-12,17,19,30H,1,13-16H2,2H3,(H,27,28,31). The fraction of sp³-hybridized carbons (Fsp3) is 0.231. The molecule has 0 aliphatic rings. The largest absolute Gasteiger partial charge is 0.496 e. The first-order chi connectivity index (χ1) is 16.1. The van der Waals surface area contributed by atoms with Gasteiger partial charge in [0.1, 0.15) is 16.4 Å². The smallest absolute Gasteiger partial charge is 0.260 e. The number of rotatable bonds is 10. The van der Waals surface area contributed by atoms with Crippen LogP contribution in [0.5, 0.6) is 5.75 Å². The number of hydrogen-bond acceptors (Lipinski definition) is 6. The summed E-state index contributed by atoms with van der Waals surface area (Å²) in [6, 6.07) is 17.5.